The van der Waals surface area contributed by atoms with Gasteiger partial charge in [0.25, 0.3) is 11.8 Å². The molecular formula is C22H18FN7O2. The Morgan fingerprint density at radius 1 is 1.19 bits per heavy atom. The molecule has 9 nitrogen and oxygen atoms in total. The van der Waals surface area contributed by atoms with Gasteiger partial charge in [-0.05, 0) is 37.0 Å². The van der Waals surface area contributed by atoms with E-state index in [0.717, 1.165) is 23.1 Å². The molecule has 0 radical (unpaired) electrons. The first-order valence-corrected chi connectivity index (χ1v) is 9.86. The van der Waals surface area contributed by atoms with E-state index in [0.29, 0.717) is 18.4 Å². The lowest BCUT2D eigenvalue weighted by molar-refractivity contribution is 0.0931. The second-order valence-electron chi connectivity index (χ2n) is 7.33. The average Bonchev–Trinajstić information content (AvgIpc) is 3.21. The quantitative estimate of drug-likeness (QED) is 0.630. The Hall–Kier alpha value is -4.26. The minimum Gasteiger partial charge on any atom is -0.347 e. The van der Waals surface area contributed by atoms with Crippen LogP contribution in [0.3, 0.4) is 0 Å². The number of hydrogen-bond acceptors (Lipinski definition) is 7. The van der Waals surface area contributed by atoms with Gasteiger partial charge in [0.15, 0.2) is 0 Å². The fourth-order valence-corrected chi connectivity index (χ4v) is 3.49. The third-order valence-electron chi connectivity index (χ3n) is 5.16. The molecule has 3 aromatic rings. The molecule has 2 N–H and O–H groups in total. The molecule has 0 saturated carbocycles. The van der Waals surface area contributed by atoms with Crippen LogP contribution in [0.15, 0.2) is 36.8 Å². The number of carbonyl (C=O) groups is 2. The van der Waals surface area contributed by atoms with E-state index in [1.807, 2.05) is 6.07 Å². The first-order valence-electron chi connectivity index (χ1n) is 9.86. The van der Waals surface area contributed by atoms with E-state index in [-0.39, 0.29) is 35.6 Å². The van der Waals surface area contributed by atoms with Gasteiger partial charge in [-0.1, -0.05) is 12.1 Å². The topological polar surface area (TPSA) is 134 Å². The number of nitriles is 1. The molecule has 0 spiro atoms. The number of amides is 2. The van der Waals surface area contributed by atoms with E-state index in [2.05, 4.69) is 30.6 Å². The van der Waals surface area contributed by atoms with Gasteiger partial charge in [0.05, 0.1) is 11.7 Å². The summed E-state index contributed by atoms with van der Waals surface area (Å²) in [6.45, 7) is 1.84. The van der Waals surface area contributed by atoms with Gasteiger partial charge in [-0.2, -0.15) is 5.26 Å². The Morgan fingerprint density at radius 2 is 1.97 bits per heavy atom. The van der Waals surface area contributed by atoms with Gasteiger partial charge in [0.2, 0.25) is 5.82 Å². The molecule has 160 valence electrons. The first kappa shape index (κ1) is 21.0. The minimum absolute atomic E-state index is 0.0396. The lowest BCUT2D eigenvalue weighted by Crippen LogP contribution is -2.29. The van der Waals surface area contributed by atoms with E-state index < -0.39 is 11.8 Å². The molecule has 0 saturated heterocycles. The van der Waals surface area contributed by atoms with Crippen LogP contribution >= 0.6 is 0 Å². The van der Waals surface area contributed by atoms with Gasteiger partial charge in [0, 0.05) is 24.4 Å². The highest BCUT2D eigenvalue weighted by Gasteiger charge is 2.27. The second-order valence-corrected chi connectivity index (χ2v) is 7.33. The van der Waals surface area contributed by atoms with Crippen LogP contribution in [0.1, 0.15) is 61.6 Å². The molecule has 1 atom stereocenters. The molecule has 0 bridgehead atoms. The van der Waals surface area contributed by atoms with Gasteiger partial charge < -0.3 is 10.6 Å². The summed E-state index contributed by atoms with van der Waals surface area (Å²) in [5.41, 5.74) is 2.81. The number of hydrogen-bond donors (Lipinski definition) is 2. The number of aromatic nitrogens is 4. The highest BCUT2D eigenvalue weighted by atomic mass is 19.1. The molecule has 1 aromatic carbocycles. The van der Waals surface area contributed by atoms with Crippen LogP contribution in [0.4, 0.5) is 4.39 Å². The summed E-state index contributed by atoms with van der Waals surface area (Å²) in [5.74, 6) is -1.16. The molecule has 2 aromatic heterocycles. The fraction of sp³-hybridized carbons (Fsp3) is 0.227. The van der Waals surface area contributed by atoms with Crippen LogP contribution in [0.5, 0.6) is 0 Å². The number of aryl methyl sites for hydroxylation is 2. The first-order chi connectivity index (χ1) is 15.4. The number of nitrogens with one attached hydrogen (secondary N) is 2. The summed E-state index contributed by atoms with van der Waals surface area (Å²) in [5, 5.41) is 14.5. The maximum Gasteiger partial charge on any atom is 0.270 e. The Labute approximate surface area is 182 Å². The standard InChI is InChI=1S/C22H18FN7O2/c1-12-6-13(2-3-15(12)23)9-26-21(31)18-7-19(28-11-27-18)22(32)30-17-5-4-16-14(17)10-25-20(8-24)29-16/h2-3,6-7,10-11,17H,4-5,9H2,1H3,(H,26,31)(H,30,32)/t17-/m0/s1. The smallest absolute Gasteiger partial charge is 0.270 e. The Kier molecular flexibility index (Phi) is 5.81. The van der Waals surface area contributed by atoms with Crippen molar-refractivity contribution in [3.05, 3.63) is 82.2 Å². The van der Waals surface area contributed by atoms with Crippen LogP contribution in [0.25, 0.3) is 0 Å². The largest absolute Gasteiger partial charge is 0.347 e. The lowest BCUT2D eigenvalue weighted by atomic mass is 10.1. The Bertz CT molecular complexity index is 1260. The summed E-state index contributed by atoms with van der Waals surface area (Å²) in [4.78, 5) is 41.2. The van der Waals surface area contributed by atoms with Crippen molar-refractivity contribution >= 4 is 11.8 Å². The molecule has 0 unspecified atom stereocenters. The highest BCUT2D eigenvalue weighted by Crippen LogP contribution is 2.29. The van der Waals surface area contributed by atoms with Crippen LogP contribution in [-0.2, 0) is 13.0 Å². The summed E-state index contributed by atoms with van der Waals surface area (Å²) in [7, 11) is 0. The summed E-state index contributed by atoms with van der Waals surface area (Å²) >= 11 is 0. The maximum absolute atomic E-state index is 13.4. The van der Waals surface area contributed by atoms with Crippen molar-refractivity contribution in [3.63, 3.8) is 0 Å². The van der Waals surface area contributed by atoms with Crippen LogP contribution in [0, 0.1) is 24.1 Å². The van der Waals surface area contributed by atoms with E-state index in [4.69, 9.17) is 5.26 Å². The summed E-state index contributed by atoms with van der Waals surface area (Å²) in [6, 6.07) is 7.49. The third kappa shape index (κ3) is 4.41. The van der Waals surface area contributed by atoms with E-state index >= 15 is 0 Å². The van der Waals surface area contributed by atoms with Gasteiger partial charge in [-0.15, -0.1) is 0 Å². The van der Waals surface area contributed by atoms with Gasteiger partial charge in [-0.3, -0.25) is 9.59 Å². The predicted octanol–water partition coefficient (Wildman–Crippen LogP) is 1.93. The molecule has 0 aliphatic heterocycles. The molecule has 2 heterocycles. The molecule has 4 rings (SSSR count). The summed E-state index contributed by atoms with van der Waals surface area (Å²) < 4.78 is 13.4. The van der Waals surface area contributed by atoms with Crippen molar-refractivity contribution in [2.45, 2.75) is 32.4 Å². The van der Waals surface area contributed by atoms with Crippen LogP contribution in [-0.4, -0.2) is 31.8 Å². The van der Waals surface area contributed by atoms with E-state index in [1.54, 1.807) is 25.3 Å². The summed E-state index contributed by atoms with van der Waals surface area (Å²) in [6.07, 6.45) is 3.95. The molecule has 1 aliphatic rings. The molecule has 1 aliphatic carbocycles. The maximum atomic E-state index is 13.4. The lowest BCUT2D eigenvalue weighted by Gasteiger charge is -2.13. The SMILES string of the molecule is Cc1cc(CNC(=O)c2cc(C(=O)N[C@H]3CCc4nc(C#N)ncc43)ncn2)ccc1F. The number of nitrogens with zero attached hydrogens (tertiary/aromatic N) is 5. The van der Waals surface area contributed by atoms with Gasteiger partial charge in [0.1, 0.15) is 29.6 Å². The van der Waals surface area contributed by atoms with Crippen LogP contribution in [0.2, 0.25) is 0 Å². The number of benzene rings is 1. The van der Waals surface area contributed by atoms with E-state index in [9.17, 15) is 14.0 Å². The zero-order valence-electron chi connectivity index (χ0n) is 17.1. The zero-order chi connectivity index (χ0) is 22.7. The number of carbonyl (C=O) groups excluding carboxylic acids is 2. The molecule has 10 heteroatoms. The second kappa shape index (κ2) is 8.85. The molecule has 32 heavy (non-hydrogen) atoms. The van der Waals surface area contributed by atoms with Crippen LogP contribution < -0.4 is 10.6 Å². The fourth-order valence-electron chi connectivity index (χ4n) is 3.49. The van der Waals surface area contributed by atoms with Gasteiger partial charge >= 0.3 is 0 Å². The van der Waals surface area contributed by atoms with Gasteiger partial charge in [-0.25, -0.2) is 24.3 Å². The Balaban J connectivity index is 1.41. The average molecular weight is 431 g/mol. The molecule has 0 fully saturated rings. The normalized spacial score (nSPS) is 14.3. The molecule has 2 amide bonds. The number of rotatable bonds is 5. The van der Waals surface area contributed by atoms with Crippen molar-refractivity contribution in [1.29, 1.82) is 5.26 Å². The number of fused-ring (bicyclic) bond motifs is 1. The van der Waals surface area contributed by atoms with E-state index in [1.165, 1.54) is 12.1 Å². The van der Waals surface area contributed by atoms with Crippen molar-refractivity contribution < 1.29 is 14.0 Å². The van der Waals surface area contributed by atoms with Crippen molar-refractivity contribution in [3.8, 4) is 6.07 Å². The third-order valence-corrected chi connectivity index (χ3v) is 5.16. The van der Waals surface area contributed by atoms with Crippen molar-refractivity contribution in [2.75, 3.05) is 0 Å². The predicted molar refractivity (Wildman–Crippen MR) is 110 cm³/mol. The van der Waals surface area contributed by atoms with Crippen molar-refractivity contribution in [2.24, 2.45) is 0 Å². The number of halogens is 1. The van der Waals surface area contributed by atoms with Crippen molar-refractivity contribution in [1.82, 2.24) is 30.6 Å². The highest BCUT2D eigenvalue weighted by molar-refractivity contribution is 5.97. The molecular weight excluding hydrogens is 413 g/mol. The minimum atomic E-state index is -0.480. The monoisotopic (exact) mass is 431 g/mol. The Morgan fingerprint density at radius 3 is 2.72 bits per heavy atom. The zero-order valence-corrected chi connectivity index (χ0v) is 17.1.